The smallest absolute Gasteiger partial charge is 0.336 e. The molecule has 1 aliphatic carbocycles. The van der Waals surface area contributed by atoms with Gasteiger partial charge in [-0.15, -0.1) is 5.10 Å². The summed E-state index contributed by atoms with van der Waals surface area (Å²) < 4.78 is 26.5. The lowest BCUT2D eigenvalue weighted by Gasteiger charge is -2.09. The van der Waals surface area contributed by atoms with E-state index >= 15 is 0 Å². The Labute approximate surface area is 208 Å². The van der Waals surface area contributed by atoms with E-state index in [0.717, 1.165) is 6.42 Å². The van der Waals surface area contributed by atoms with E-state index in [1.54, 1.807) is 16.8 Å². The molecule has 36 heavy (non-hydrogen) atoms. The van der Waals surface area contributed by atoms with E-state index in [9.17, 15) is 9.18 Å². The molecule has 4 aromatic rings. The first-order chi connectivity index (χ1) is 17.6. The summed E-state index contributed by atoms with van der Waals surface area (Å²) >= 11 is 0. The number of hydrogen-bond acceptors (Lipinski definition) is 5. The van der Waals surface area contributed by atoms with Gasteiger partial charge in [-0.2, -0.15) is 4.98 Å². The molecule has 0 radical (unpaired) electrons. The number of halogens is 1. The van der Waals surface area contributed by atoms with Crippen molar-refractivity contribution in [3.8, 4) is 23.1 Å². The summed E-state index contributed by atoms with van der Waals surface area (Å²) in [5.74, 6) is 0.353. The summed E-state index contributed by atoms with van der Waals surface area (Å²) in [5.41, 5.74) is 3.17. The first-order valence-electron chi connectivity index (χ1n) is 12.0. The zero-order valence-electron chi connectivity index (χ0n) is 19.9. The van der Waals surface area contributed by atoms with Crippen molar-refractivity contribution in [3.63, 3.8) is 0 Å². The van der Waals surface area contributed by atoms with Gasteiger partial charge in [-0.25, -0.2) is 9.07 Å². The lowest BCUT2D eigenvalue weighted by atomic mass is 10.1. The lowest BCUT2D eigenvalue weighted by Crippen LogP contribution is -2.14. The van der Waals surface area contributed by atoms with Crippen molar-refractivity contribution in [3.05, 3.63) is 90.2 Å². The number of rotatable bonds is 10. The molecule has 1 aliphatic rings. The number of benzene rings is 3. The van der Waals surface area contributed by atoms with Gasteiger partial charge >= 0.3 is 6.01 Å². The Morgan fingerprint density at radius 1 is 1.06 bits per heavy atom. The highest BCUT2D eigenvalue weighted by molar-refractivity contribution is 5.95. The molecule has 1 fully saturated rings. The third-order valence-corrected chi connectivity index (χ3v) is 6.07. The number of amides is 1. The van der Waals surface area contributed by atoms with Crippen molar-refractivity contribution in [1.82, 2.24) is 14.8 Å². The van der Waals surface area contributed by atoms with E-state index in [1.165, 1.54) is 17.7 Å². The van der Waals surface area contributed by atoms with Crippen molar-refractivity contribution in [2.45, 2.75) is 19.3 Å². The van der Waals surface area contributed by atoms with Crippen molar-refractivity contribution >= 4 is 11.6 Å². The lowest BCUT2D eigenvalue weighted by molar-refractivity contribution is -0.117. The van der Waals surface area contributed by atoms with E-state index in [4.69, 9.17) is 9.47 Å². The van der Waals surface area contributed by atoms with Gasteiger partial charge in [0, 0.05) is 23.8 Å². The quantitative estimate of drug-likeness (QED) is 0.311. The summed E-state index contributed by atoms with van der Waals surface area (Å²) in [6, 6.07) is 23.8. The number of carbonyl (C=O) groups excluding carboxylic acids is 1. The van der Waals surface area contributed by atoms with E-state index in [2.05, 4.69) is 27.5 Å². The second-order valence-electron chi connectivity index (χ2n) is 8.58. The molecule has 0 aliphatic heterocycles. The number of carbonyl (C=O) groups is 1. The zero-order valence-corrected chi connectivity index (χ0v) is 19.9. The van der Waals surface area contributed by atoms with Gasteiger partial charge in [0.05, 0.1) is 12.3 Å². The Balaban J connectivity index is 1.32. The minimum atomic E-state index is -0.368. The minimum absolute atomic E-state index is 0.0154. The Morgan fingerprint density at radius 3 is 2.61 bits per heavy atom. The van der Waals surface area contributed by atoms with Crippen LogP contribution in [0.25, 0.3) is 17.1 Å². The predicted octanol–water partition coefficient (Wildman–Crippen LogP) is 5.23. The van der Waals surface area contributed by atoms with Gasteiger partial charge < -0.3 is 14.8 Å². The van der Waals surface area contributed by atoms with E-state index in [0.29, 0.717) is 42.6 Å². The number of hydrogen-bond donors (Lipinski definition) is 1. The molecule has 3 aromatic carbocycles. The fourth-order valence-electron chi connectivity index (χ4n) is 4.16. The van der Waals surface area contributed by atoms with Crippen LogP contribution in [-0.4, -0.2) is 40.5 Å². The summed E-state index contributed by atoms with van der Waals surface area (Å²) in [7, 11) is 0. The molecule has 0 bridgehead atoms. The molecule has 2 atom stereocenters. The fourth-order valence-corrected chi connectivity index (χ4v) is 4.16. The summed E-state index contributed by atoms with van der Waals surface area (Å²) in [4.78, 5) is 17.2. The number of aromatic nitrogens is 3. The topological polar surface area (TPSA) is 78.3 Å². The zero-order chi connectivity index (χ0) is 24.9. The van der Waals surface area contributed by atoms with Gasteiger partial charge in [0.1, 0.15) is 12.4 Å². The molecule has 0 saturated heterocycles. The third-order valence-electron chi connectivity index (χ3n) is 6.07. The molecule has 8 heteroatoms. The summed E-state index contributed by atoms with van der Waals surface area (Å²) in [6.07, 6.45) is 0.857. The van der Waals surface area contributed by atoms with Gasteiger partial charge in [0.2, 0.25) is 5.91 Å². The first kappa shape index (κ1) is 23.7. The van der Waals surface area contributed by atoms with Gasteiger partial charge in [-0.05, 0) is 61.2 Å². The van der Waals surface area contributed by atoms with Crippen LogP contribution in [0.5, 0.6) is 6.01 Å². The number of nitrogens with zero attached hydrogens (tertiary/aromatic N) is 3. The second-order valence-corrected chi connectivity index (χ2v) is 8.58. The van der Waals surface area contributed by atoms with Crippen LogP contribution in [0.15, 0.2) is 78.9 Å². The van der Waals surface area contributed by atoms with Crippen LogP contribution in [-0.2, 0) is 9.53 Å². The van der Waals surface area contributed by atoms with Crippen LogP contribution in [0.1, 0.15) is 24.8 Å². The van der Waals surface area contributed by atoms with Crippen molar-refractivity contribution in [1.29, 1.82) is 0 Å². The molecule has 5 rings (SSSR count). The molecule has 0 unspecified atom stereocenters. The molecule has 1 N–H and O–H groups in total. The minimum Gasteiger partial charge on any atom is -0.460 e. The van der Waals surface area contributed by atoms with E-state index in [-0.39, 0.29) is 29.6 Å². The molecule has 7 nitrogen and oxygen atoms in total. The highest BCUT2D eigenvalue weighted by atomic mass is 19.1. The van der Waals surface area contributed by atoms with Gasteiger partial charge in [0.25, 0.3) is 0 Å². The average molecular weight is 487 g/mol. The number of nitrogens with one attached hydrogen (secondary N) is 1. The summed E-state index contributed by atoms with van der Waals surface area (Å²) in [6.45, 7) is 3.22. The van der Waals surface area contributed by atoms with Gasteiger partial charge in [-0.1, -0.05) is 42.5 Å². The third kappa shape index (κ3) is 5.44. The van der Waals surface area contributed by atoms with Crippen molar-refractivity contribution < 1.29 is 18.7 Å². The number of ether oxygens (including phenoxy) is 2. The summed E-state index contributed by atoms with van der Waals surface area (Å²) in [5, 5.41) is 7.48. The van der Waals surface area contributed by atoms with Gasteiger partial charge in [-0.3, -0.25) is 4.79 Å². The Morgan fingerprint density at radius 2 is 1.86 bits per heavy atom. The van der Waals surface area contributed by atoms with Crippen LogP contribution >= 0.6 is 0 Å². The molecular formula is C28H27FN4O3. The monoisotopic (exact) mass is 486 g/mol. The molecule has 1 heterocycles. The first-order valence-corrected chi connectivity index (χ1v) is 12.0. The van der Waals surface area contributed by atoms with Crippen LogP contribution in [0.4, 0.5) is 10.1 Å². The average Bonchev–Trinajstić information content (AvgIpc) is 3.60. The maximum absolute atomic E-state index is 13.9. The molecule has 1 aromatic heterocycles. The van der Waals surface area contributed by atoms with Crippen molar-refractivity contribution in [2.24, 2.45) is 5.92 Å². The Hall–Kier alpha value is -4.04. The maximum Gasteiger partial charge on any atom is 0.336 e. The number of anilines is 1. The van der Waals surface area contributed by atoms with Crippen LogP contribution in [0.3, 0.4) is 0 Å². The molecule has 184 valence electrons. The Kier molecular flexibility index (Phi) is 7.04. The highest BCUT2D eigenvalue weighted by Gasteiger charge is 2.43. The SMILES string of the molecule is CCOCCOc1nc(-c2cccc(F)c2)n(-c2ccc(NC(=O)[C@@H]3C[C@H]3c3ccccc3)cc2)n1. The fraction of sp³-hybridized carbons (Fsp3) is 0.250. The molecule has 1 amide bonds. The molecule has 1 saturated carbocycles. The Bertz CT molecular complexity index is 1320. The van der Waals surface area contributed by atoms with Crippen molar-refractivity contribution in [2.75, 3.05) is 25.1 Å². The standard InChI is InChI=1S/C28H27FN4O3/c1-2-35-15-16-36-28-31-26(20-9-6-10-21(29)17-20)33(32-28)23-13-11-22(12-14-23)30-27(34)25-18-24(25)19-7-4-3-5-8-19/h3-14,17,24-25H,2,15-16,18H2,1H3,(H,30,34)/t24-,25+/m0/s1. The van der Waals surface area contributed by atoms with E-state index in [1.807, 2.05) is 49.4 Å². The van der Waals surface area contributed by atoms with Crippen LogP contribution < -0.4 is 10.1 Å². The molecule has 0 spiro atoms. The van der Waals surface area contributed by atoms with Gasteiger partial charge in [0.15, 0.2) is 5.82 Å². The molecular weight excluding hydrogens is 459 g/mol. The normalized spacial score (nSPS) is 16.5. The largest absolute Gasteiger partial charge is 0.460 e. The van der Waals surface area contributed by atoms with E-state index < -0.39 is 0 Å². The second kappa shape index (κ2) is 10.7. The predicted molar refractivity (Wildman–Crippen MR) is 135 cm³/mol. The van der Waals surface area contributed by atoms with Crippen LogP contribution in [0, 0.1) is 11.7 Å². The maximum atomic E-state index is 13.9. The van der Waals surface area contributed by atoms with Crippen LogP contribution in [0.2, 0.25) is 0 Å². The highest BCUT2D eigenvalue weighted by Crippen LogP contribution is 2.47.